The molecule has 0 unspecified atom stereocenters. The number of guanidine groups is 1. The first-order chi connectivity index (χ1) is 12.2. The van der Waals surface area contributed by atoms with Gasteiger partial charge in [-0.05, 0) is 49.7 Å². The molecule has 0 aliphatic carbocycles. The number of hydrogen-bond donors (Lipinski definition) is 2. The van der Waals surface area contributed by atoms with E-state index < -0.39 is 0 Å². The summed E-state index contributed by atoms with van der Waals surface area (Å²) in [6.45, 7) is 6.44. The van der Waals surface area contributed by atoms with Crippen molar-refractivity contribution in [3.8, 4) is 5.69 Å². The monoisotopic (exact) mass is 481 g/mol. The second-order valence-electron chi connectivity index (χ2n) is 5.68. The minimum Gasteiger partial charge on any atom is -0.357 e. The molecule has 0 bridgehead atoms. The Bertz CT molecular complexity index is 826. The summed E-state index contributed by atoms with van der Waals surface area (Å²) in [6.07, 6.45) is 3.72. The highest BCUT2D eigenvalue weighted by molar-refractivity contribution is 14.0. The Labute approximate surface area is 175 Å². The van der Waals surface area contributed by atoms with Gasteiger partial charge in [-0.25, -0.2) is 9.67 Å². The summed E-state index contributed by atoms with van der Waals surface area (Å²) in [5.74, 6) is 0.832. The third-order valence-corrected chi connectivity index (χ3v) is 4.67. The minimum absolute atomic E-state index is 0. The van der Waals surface area contributed by atoms with Crippen LogP contribution in [0, 0.1) is 6.92 Å². The Morgan fingerprint density at radius 3 is 2.77 bits per heavy atom. The summed E-state index contributed by atoms with van der Waals surface area (Å²) in [4.78, 5) is 7.33. The Kier molecular flexibility index (Phi) is 8.11. The van der Waals surface area contributed by atoms with Crippen molar-refractivity contribution in [1.29, 1.82) is 0 Å². The van der Waals surface area contributed by atoms with Crippen LogP contribution in [0.4, 0.5) is 0 Å². The van der Waals surface area contributed by atoms with Gasteiger partial charge in [0.1, 0.15) is 0 Å². The Morgan fingerprint density at radius 1 is 1.19 bits per heavy atom. The van der Waals surface area contributed by atoms with Gasteiger partial charge < -0.3 is 10.6 Å². The highest BCUT2D eigenvalue weighted by Crippen LogP contribution is 2.14. The molecule has 26 heavy (non-hydrogen) atoms. The molecule has 1 aromatic carbocycles. The molecule has 0 amide bonds. The van der Waals surface area contributed by atoms with E-state index in [0.29, 0.717) is 6.54 Å². The number of aliphatic imine (C=N–C) groups is 1. The van der Waals surface area contributed by atoms with Gasteiger partial charge in [-0.2, -0.15) is 5.10 Å². The first-order valence-corrected chi connectivity index (χ1v) is 9.22. The quantitative estimate of drug-likeness (QED) is 0.317. The van der Waals surface area contributed by atoms with Gasteiger partial charge in [0.05, 0.1) is 18.8 Å². The Morgan fingerprint density at radius 2 is 2.08 bits per heavy atom. The van der Waals surface area contributed by atoms with E-state index in [0.717, 1.165) is 30.3 Å². The topological polar surface area (TPSA) is 54.2 Å². The van der Waals surface area contributed by atoms with Crippen LogP contribution in [-0.4, -0.2) is 22.3 Å². The smallest absolute Gasteiger partial charge is 0.191 e. The fraction of sp³-hybridized carbons (Fsp3) is 0.263. The number of halogens is 1. The zero-order valence-electron chi connectivity index (χ0n) is 15.0. The summed E-state index contributed by atoms with van der Waals surface area (Å²) in [7, 11) is 0. The maximum absolute atomic E-state index is 4.70. The average molecular weight is 481 g/mol. The lowest BCUT2D eigenvalue weighted by Crippen LogP contribution is -2.36. The second-order valence-corrected chi connectivity index (χ2v) is 7.05. The molecular formula is C19H24IN5S. The van der Waals surface area contributed by atoms with E-state index in [9.17, 15) is 0 Å². The van der Waals surface area contributed by atoms with Crippen molar-refractivity contribution in [1.82, 2.24) is 20.4 Å². The first-order valence-electron chi connectivity index (χ1n) is 8.41. The normalized spacial score (nSPS) is 11.1. The SMILES string of the molecule is CCNC(=NCc1cccc(-n2cccn2)c1)NCc1ccc(C)s1.I. The van der Waals surface area contributed by atoms with Crippen LogP contribution < -0.4 is 10.6 Å². The number of nitrogens with zero attached hydrogens (tertiary/aromatic N) is 3. The number of benzene rings is 1. The number of rotatable bonds is 6. The van der Waals surface area contributed by atoms with Crippen LogP contribution in [0.15, 0.2) is 59.9 Å². The van der Waals surface area contributed by atoms with Gasteiger partial charge in [0.2, 0.25) is 0 Å². The van der Waals surface area contributed by atoms with Crippen molar-refractivity contribution in [2.24, 2.45) is 4.99 Å². The van der Waals surface area contributed by atoms with Crippen LogP contribution in [0.5, 0.6) is 0 Å². The molecule has 0 spiro atoms. The molecule has 0 saturated heterocycles. The zero-order valence-corrected chi connectivity index (χ0v) is 18.1. The van der Waals surface area contributed by atoms with Crippen LogP contribution in [0.1, 0.15) is 22.2 Å². The van der Waals surface area contributed by atoms with Crippen LogP contribution in [0.25, 0.3) is 5.69 Å². The highest BCUT2D eigenvalue weighted by atomic mass is 127. The van der Waals surface area contributed by atoms with E-state index >= 15 is 0 Å². The van der Waals surface area contributed by atoms with Crippen molar-refractivity contribution >= 4 is 41.3 Å². The summed E-state index contributed by atoms with van der Waals surface area (Å²) in [6, 6.07) is 14.5. The molecule has 0 aliphatic heterocycles. The molecule has 5 nitrogen and oxygen atoms in total. The summed E-state index contributed by atoms with van der Waals surface area (Å²) in [5, 5.41) is 11.0. The number of nitrogens with one attached hydrogen (secondary N) is 2. The lowest BCUT2D eigenvalue weighted by atomic mass is 10.2. The fourth-order valence-electron chi connectivity index (χ4n) is 2.48. The molecule has 0 fully saturated rings. The van der Waals surface area contributed by atoms with E-state index in [2.05, 4.69) is 53.8 Å². The molecule has 0 atom stereocenters. The van der Waals surface area contributed by atoms with Crippen LogP contribution in [-0.2, 0) is 13.1 Å². The predicted octanol–water partition coefficient (Wildman–Crippen LogP) is 4.12. The summed E-state index contributed by atoms with van der Waals surface area (Å²) in [5.41, 5.74) is 2.20. The van der Waals surface area contributed by atoms with Gasteiger partial charge in [-0.3, -0.25) is 0 Å². The molecule has 0 saturated carbocycles. The number of aryl methyl sites for hydroxylation is 1. The largest absolute Gasteiger partial charge is 0.357 e. The van der Waals surface area contributed by atoms with Crippen LogP contribution in [0.2, 0.25) is 0 Å². The van der Waals surface area contributed by atoms with Gasteiger partial charge >= 0.3 is 0 Å². The highest BCUT2D eigenvalue weighted by Gasteiger charge is 2.02. The van der Waals surface area contributed by atoms with E-state index in [1.54, 1.807) is 6.20 Å². The van der Waals surface area contributed by atoms with Crippen molar-refractivity contribution in [2.75, 3.05) is 6.54 Å². The Balaban J connectivity index is 0.00000243. The molecule has 138 valence electrons. The molecular weight excluding hydrogens is 457 g/mol. The van der Waals surface area contributed by atoms with Crippen LogP contribution >= 0.6 is 35.3 Å². The molecule has 0 aliphatic rings. The third kappa shape index (κ3) is 5.84. The van der Waals surface area contributed by atoms with Gasteiger partial charge in [-0.15, -0.1) is 35.3 Å². The average Bonchev–Trinajstić information content (AvgIpc) is 3.29. The number of aromatic nitrogens is 2. The number of thiophene rings is 1. The molecule has 3 rings (SSSR count). The van der Waals surface area contributed by atoms with E-state index in [1.807, 2.05) is 40.4 Å². The standard InChI is InChI=1S/C19H23N5S.HI/c1-3-20-19(22-14-18-9-8-15(2)25-18)21-13-16-6-4-7-17(12-16)24-11-5-10-23-24;/h4-12H,3,13-14H2,1-2H3,(H2,20,21,22);1H. The molecule has 3 aromatic rings. The van der Waals surface area contributed by atoms with Gasteiger partial charge in [0.25, 0.3) is 0 Å². The van der Waals surface area contributed by atoms with Gasteiger partial charge in [0.15, 0.2) is 5.96 Å². The maximum Gasteiger partial charge on any atom is 0.191 e. The lowest BCUT2D eigenvalue weighted by Gasteiger charge is -2.11. The fourth-order valence-corrected chi connectivity index (χ4v) is 3.31. The third-order valence-electron chi connectivity index (χ3n) is 3.67. The molecule has 0 radical (unpaired) electrons. The maximum atomic E-state index is 4.70. The summed E-state index contributed by atoms with van der Waals surface area (Å²) < 4.78 is 1.86. The zero-order chi connectivity index (χ0) is 17.5. The number of hydrogen-bond acceptors (Lipinski definition) is 3. The van der Waals surface area contributed by atoms with Crippen molar-refractivity contribution < 1.29 is 0 Å². The predicted molar refractivity (Wildman–Crippen MR) is 120 cm³/mol. The Hall–Kier alpha value is -1.87. The van der Waals surface area contributed by atoms with E-state index in [4.69, 9.17) is 4.99 Å². The van der Waals surface area contributed by atoms with Crippen molar-refractivity contribution in [3.05, 3.63) is 70.2 Å². The van der Waals surface area contributed by atoms with Gasteiger partial charge in [0, 0.05) is 28.7 Å². The minimum atomic E-state index is 0. The van der Waals surface area contributed by atoms with E-state index in [1.165, 1.54) is 9.75 Å². The first kappa shape index (κ1) is 20.4. The van der Waals surface area contributed by atoms with Crippen molar-refractivity contribution in [2.45, 2.75) is 26.9 Å². The second kappa shape index (κ2) is 10.3. The van der Waals surface area contributed by atoms with Crippen molar-refractivity contribution in [3.63, 3.8) is 0 Å². The molecule has 2 N–H and O–H groups in total. The van der Waals surface area contributed by atoms with Gasteiger partial charge in [-0.1, -0.05) is 12.1 Å². The summed E-state index contributed by atoms with van der Waals surface area (Å²) >= 11 is 1.81. The van der Waals surface area contributed by atoms with E-state index in [-0.39, 0.29) is 24.0 Å². The molecule has 7 heteroatoms. The lowest BCUT2D eigenvalue weighted by molar-refractivity contribution is 0.822. The molecule has 2 heterocycles. The molecule has 2 aromatic heterocycles. The van der Waals surface area contributed by atoms with Crippen LogP contribution in [0.3, 0.4) is 0 Å².